The first-order valence-electron chi connectivity index (χ1n) is 11.7. The highest BCUT2D eigenvalue weighted by Crippen LogP contribution is 2.22. The Labute approximate surface area is 223 Å². The van der Waals surface area contributed by atoms with Crippen LogP contribution in [0.4, 0.5) is 18.9 Å². The van der Waals surface area contributed by atoms with Gasteiger partial charge in [0, 0.05) is 49.3 Å². The summed E-state index contributed by atoms with van der Waals surface area (Å²) in [4.78, 5) is 24.1. The Kier molecular flexibility index (Phi) is 8.97. The average molecular weight is 540 g/mol. The van der Waals surface area contributed by atoms with Gasteiger partial charge in [0.05, 0.1) is 0 Å². The monoisotopic (exact) mass is 539 g/mol. The lowest BCUT2D eigenvalue weighted by Crippen LogP contribution is -2.25. The molecule has 1 heterocycles. The van der Waals surface area contributed by atoms with Gasteiger partial charge in [-0.25, -0.2) is 4.79 Å². The number of nitrogens with zero attached hydrogens (tertiary/aromatic N) is 2. The van der Waals surface area contributed by atoms with Gasteiger partial charge >= 0.3 is 12.1 Å². The molecule has 0 spiro atoms. The highest BCUT2D eigenvalue weighted by Gasteiger charge is 2.38. The number of amides is 1. The van der Waals surface area contributed by atoms with E-state index in [0.717, 1.165) is 27.7 Å². The molecule has 0 bridgehead atoms. The predicted molar refractivity (Wildman–Crippen MR) is 144 cm³/mol. The summed E-state index contributed by atoms with van der Waals surface area (Å²) in [6, 6.07) is 25.6. The average Bonchev–Trinajstić information content (AvgIpc) is 3.26. The molecule has 39 heavy (non-hydrogen) atoms. The van der Waals surface area contributed by atoms with E-state index < -0.39 is 12.1 Å². The Morgan fingerprint density at radius 2 is 1.62 bits per heavy atom. The van der Waals surface area contributed by atoms with Gasteiger partial charge in [-0.05, 0) is 41.5 Å². The van der Waals surface area contributed by atoms with Gasteiger partial charge in [0.2, 0.25) is 0 Å². The van der Waals surface area contributed by atoms with E-state index in [0.29, 0.717) is 24.3 Å². The van der Waals surface area contributed by atoms with Crippen molar-refractivity contribution in [2.45, 2.75) is 19.3 Å². The maximum absolute atomic E-state index is 13.2. The zero-order valence-electron chi connectivity index (χ0n) is 21.3. The number of para-hydroxylation sites is 1. The lowest BCUT2D eigenvalue weighted by atomic mass is 10.1. The van der Waals surface area contributed by atoms with Gasteiger partial charge in [0.15, 0.2) is 0 Å². The van der Waals surface area contributed by atoms with Crippen molar-refractivity contribution in [2.75, 3.05) is 19.0 Å². The zero-order valence-corrected chi connectivity index (χ0v) is 21.3. The van der Waals surface area contributed by atoms with Crippen LogP contribution in [-0.4, -0.2) is 47.7 Å². The number of alkyl halides is 3. The summed E-state index contributed by atoms with van der Waals surface area (Å²) < 4.78 is 33.7. The minimum Gasteiger partial charge on any atom is -0.475 e. The molecule has 4 rings (SSSR count). The summed E-state index contributed by atoms with van der Waals surface area (Å²) in [5, 5.41) is 18.9. The molecule has 5 N–H and O–H groups in total. The summed E-state index contributed by atoms with van der Waals surface area (Å²) in [6.07, 6.45) is -5.08. The van der Waals surface area contributed by atoms with E-state index in [4.69, 9.17) is 21.0 Å². The van der Waals surface area contributed by atoms with E-state index in [1.54, 1.807) is 0 Å². The summed E-state index contributed by atoms with van der Waals surface area (Å²) in [5.74, 6) is -2.85. The van der Waals surface area contributed by atoms with Gasteiger partial charge in [-0.2, -0.15) is 13.2 Å². The number of nitrogens with two attached hydrogens (primary N) is 1. The fourth-order valence-corrected chi connectivity index (χ4v) is 3.77. The summed E-state index contributed by atoms with van der Waals surface area (Å²) in [6.45, 7) is 0.961. The van der Waals surface area contributed by atoms with Crippen LogP contribution in [0.1, 0.15) is 27.2 Å². The fourth-order valence-electron chi connectivity index (χ4n) is 3.77. The number of nitrogen functional groups attached to an aromatic ring is 1. The number of carbonyl (C=O) groups excluding carboxylic acids is 1. The zero-order chi connectivity index (χ0) is 28.7. The second-order valence-electron chi connectivity index (χ2n) is 8.84. The molecular formula is C28H28F3N5O3. The van der Waals surface area contributed by atoms with Crippen molar-refractivity contribution in [3.05, 3.63) is 101 Å². The molecule has 3 aromatic carbocycles. The first-order chi connectivity index (χ1) is 18.4. The lowest BCUT2D eigenvalue weighted by Gasteiger charge is -2.14. The SMILES string of the molecule is CN(C)c1ccc(CNC(=O)c2cc3ccccc3n2Cc2cccc(C(=N)N)c2)cc1.O=C(O)C(F)(F)F. The molecule has 1 aromatic heterocycles. The number of carboxylic acids is 1. The van der Waals surface area contributed by atoms with E-state index >= 15 is 0 Å². The van der Waals surface area contributed by atoms with E-state index in [9.17, 15) is 18.0 Å². The number of hydrogen-bond donors (Lipinski definition) is 4. The number of carboxylic acid groups (broad SMARTS) is 1. The maximum atomic E-state index is 13.2. The predicted octanol–water partition coefficient (Wildman–Crippen LogP) is 4.60. The van der Waals surface area contributed by atoms with Gasteiger partial charge in [-0.1, -0.05) is 48.5 Å². The third-order valence-electron chi connectivity index (χ3n) is 5.77. The van der Waals surface area contributed by atoms with Gasteiger partial charge in [-0.15, -0.1) is 0 Å². The van der Waals surface area contributed by atoms with E-state index in [-0.39, 0.29) is 11.7 Å². The number of halogens is 3. The van der Waals surface area contributed by atoms with Crippen molar-refractivity contribution >= 4 is 34.3 Å². The molecule has 204 valence electrons. The molecule has 0 radical (unpaired) electrons. The van der Waals surface area contributed by atoms with Gasteiger partial charge in [0.1, 0.15) is 11.5 Å². The molecule has 8 nitrogen and oxygen atoms in total. The molecule has 0 unspecified atom stereocenters. The number of carbonyl (C=O) groups is 2. The number of rotatable bonds is 7. The highest BCUT2D eigenvalue weighted by molar-refractivity contribution is 5.99. The number of amidine groups is 1. The highest BCUT2D eigenvalue weighted by atomic mass is 19.4. The minimum atomic E-state index is -5.08. The molecule has 0 saturated heterocycles. The number of aliphatic carboxylic acids is 1. The van der Waals surface area contributed by atoms with Crippen molar-refractivity contribution in [1.29, 1.82) is 5.41 Å². The molecule has 4 aromatic rings. The lowest BCUT2D eigenvalue weighted by molar-refractivity contribution is -0.192. The number of hydrogen-bond acceptors (Lipinski definition) is 4. The minimum absolute atomic E-state index is 0.0301. The van der Waals surface area contributed by atoms with Gasteiger partial charge in [0.25, 0.3) is 5.91 Å². The maximum Gasteiger partial charge on any atom is 0.490 e. The van der Waals surface area contributed by atoms with E-state index in [1.807, 2.05) is 102 Å². The Bertz CT molecular complexity index is 1480. The normalized spacial score (nSPS) is 10.9. The molecule has 0 fully saturated rings. The Hall–Kier alpha value is -4.80. The van der Waals surface area contributed by atoms with Crippen LogP contribution in [0, 0.1) is 5.41 Å². The Morgan fingerprint density at radius 1 is 0.974 bits per heavy atom. The van der Waals surface area contributed by atoms with Crippen molar-refractivity contribution in [1.82, 2.24) is 9.88 Å². The fraction of sp³-hybridized carbons (Fsp3) is 0.179. The molecule has 1 amide bonds. The van der Waals surface area contributed by atoms with Crippen LogP contribution in [-0.2, 0) is 17.9 Å². The Morgan fingerprint density at radius 3 is 2.21 bits per heavy atom. The molecular weight excluding hydrogens is 511 g/mol. The van der Waals surface area contributed by atoms with E-state index in [1.165, 1.54) is 0 Å². The molecule has 0 aliphatic carbocycles. The first kappa shape index (κ1) is 28.8. The molecule has 0 saturated carbocycles. The van der Waals surface area contributed by atoms with Crippen LogP contribution in [0.5, 0.6) is 0 Å². The standard InChI is InChI=1S/C26H27N5O.C2HF3O2/c1-30(2)22-12-10-18(11-13-22)16-29-26(32)24-15-20-7-3-4-9-23(20)31(24)17-19-6-5-8-21(14-19)25(27)28;3-2(4,5)1(6)7/h3-15H,16-17H2,1-2H3,(H3,27,28)(H,29,32);(H,6,7). The summed E-state index contributed by atoms with van der Waals surface area (Å²) in [7, 11) is 4.00. The van der Waals surface area contributed by atoms with Gasteiger partial charge in [-0.3, -0.25) is 10.2 Å². The molecule has 0 aliphatic rings. The molecule has 11 heteroatoms. The molecule has 0 atom stereocenters. The van der Waals surface area contributed by atoms with Crippen molar-refractivity contribution < 1.29 is 27.9 Å². The molecule has 0 aliphatic heterocycles. The largest absolute Gasteiger partial charge is 0.490 e. The Balaban J connectivity index is 0.000000532. The van der Waals surface area contributed by atoms with Crippen LogP contribution >= 0.6 is 0 Å². The first-order valence-corrected chi connectivity index (χ1v) is 11.7. The van der Waals surface area contributed by atoms with Crippen LogP contribution in [0.2, 0.25) is 0 Å². The van der Waals surface area contributed by atoms with Gasteiger partial charge < -0.3 is 25.6 Å². The van der Waals surface area contributed by atoms with Crippen LogP contribution in [0.15, 0.2) is 78.9 Å². The summed E-state index contributed by atoms with van der Waals surface area (Å²) in [5.41, 5.74) is 11.1. The summed E-state index contributed by atoms with van der Waals surface area (Å²) >= 11 is 0. The number of aromatic nitrogens is 1. The third-order valence-corrected chi connectivity index (χ3v) is 5.77. The second kappa shape index (κ2) is 12.2. The number of nitrogens with one attached hydrogen (secondary N) is 2. The van der Waals surface area contributed by atoms with Crippen LogP contribution in [0.25, 0.3) is 10.9 Å². The topological polar surface area (TPSA) is 124 Å². The third kappa shape index (κ3) is 7.60. The van der Waals surface area contributed by atoms with Crippen LogP contribution in [0.3, 0.4) is 0 Å². The number of anilines is 1. The van der Waals surface area contributed by atoms with Crippen molar-refractivity contribution in [3.63, 3.8) is 0 Å². The second-order valence-corrected chi connectivity index (χ2v) is 8.84. The van der Waals surface area contributed by atoms with Crippen molar-refractivity contribution in [3.8, 4) is 0 Å². The van der Waals surface area contributed by atoms with Crippen molar-refractivity contribution in [2.24, 2.45) is 5.73 Å². The van der Waals surface area contributed by atoms with Crippen LogP contribution < -0.4 is 16.0 Å². The smallest absolute Gasteiger partial charge is 0.475 e. The number of benzene rings is 3. The quantitative estimate of drug-likeness (QED) is 0.202. The van der Waals surface area contributed by atoms with E-state index in [2.05, 4.69) is 5.32 Å². The number of fused-ring (bicyclic) bond motifs is 1.